The van der Waals surface area contributed by atoms with E-state index in [0.29, 0.717) is 24.3 Å². The van der Waals surface area contributed by atoms with Crippen LogP contribution in [0.2, 0.25) is 5.02 Å². The Kier molecular flexibility index (Phi) is 6.11. The molecule has 2 unspecified atom stereocenters. The Hall–Kier alpha value is -0.770. The van der Waals surface area contributed by atoms with E-state index in [4.69, 9.17) is 16.3 Å². The molecule has 1 aromatic carbocycles. The van der Waals surface area contributed by atoms with Gasteiger partial charge in [0.1, 0.15) is 5.75 Å². The smallest absolute Gasteiger partial charge is 0.125 e. The normalized spacial score (nSPS) is 14.3. The number of aryl methyl sites for hydroxylation is 1. The molecule has 0 aliphatic heterocycles. The van der Waals surface area contributed by atoms with Crippen LogP contribution < -0.4 is 4.74 Å². The zero-order chi connectivity index (χ0) is 14.6. The monoisotopic (exact) mass is 286 g/mol. The summed E-state index contributed by atoms with van der Waals surface area (Å²) < 4.78 is 5.43. The summed E-state index contributed by atoms with van der Waals surface area (Å²) in [7, 11) is 1.64. The van der Waals surface area contributed by atoms with Gasteiger partial charge in [0.15, 0.2) is 0 Å². The summed E-state index contributed by atoms with van der Waals surface area (Å²) >= 11 is 6.19. The van der Waals surface area contributed by atoms with Crippen molar-refractivity contribution in [2.45, 2.75) is 52.2 Å². The highest BCUT2D eigenvalue weighted by Crippen LogP contribution is 2.33. The van der Waals surface area contributed by atoms with Crippen LogP contribution in [-0.4, -0.2) is 29.5 Å². The molecular weight excluding hydrogens is 264 g/mol. The average molecular weight is 287 g/mol. The maximum Gasteiger partial charge on any atom is 0.125 e. The second-order valence-electron chi connectivity index (χ2n) is 4.89. The summed E-state index contributed by atoms with van der Waals surface area (Å²) in [4.78, 5) is 0. The van der Waals surface area contributed by atoms with Crippen molar-refractivity contribution < 1.29 is 14.9 Å². The van der Waals surface area contributed by atoms with Crippen molar-refractivity contribution in [2.24, 2.45) is 0 Å². The number of halogens is 1. The molecule has 0 aliphatic carbocycles. The number of ether oxygens (including phenoxy) is 1. The molecule has 0 aromatic heterocycles. The molecule has 0 aliphatic rings. The van der Waals surface area contributed by atoms with Crippen LogP contribution in [-0.2, 0) is 6.42 Å². The number of aliphatic hydroxyl groups is 2. The molecule has 1 rings (SSSR count). The molecule has 0 saturated heterocycles. The van der Waals surface area contributed by atoms with Crippen LogP contribution in [0, 0.1) is 13.8 Å². The van der Waals surface area contributed by atoms with Crippen LogP contribution in [0.15, 0.2) is 6.07 Å². The first kappa shape index (κ1) is 16.3. The van der Waals surface area contributed by atoms with Gasteiger partial charge in [-0.25, -0.2) is 0 Å². The molecule has 108 valence electrons. The molecule has 0 bridgehead atoms. The number of rotatable bonds is 6. The van der Waals surface area contributed by atoms with E-state index in [1.165, 1.54) is 0 Å². The second-order valence-corrected chi connectivity index (χ2v) is 5.30. The maximum absolute atomic E-state index is 9.85. The molecule has 0 saturated carbocycles. The highest BCUT2D eigenvalue weighted by Gasteiger charge is 2.18. The standard InChI is InChI=1S/C15H23ClO3/c1-5-13(17)14(18)7-6-11-10(3)12(16)8-9(2)15(11)19-4/h8,13-14,17-18H,5-7H2,1-4H3. The molecule has 4 heteroatoms. The van der Waals surface area contributed by atoms with Gasteiger partial charge in [0.2, 0.25) is 0 Å². The molecule has 0 spiro atoms. The van der Waals surface area contributed by atoms with E-state index in [1.807, 2.05) is 26.8 Å². The van der Waals surface area contributed by atoms with Gasteiger partial charge in [0.25, 0.3) is 0 Å². The Morgan fingerprint density at radius 2 is 1.89 bits per heavy atom. The van der Waals surface area contributed by atoms with Crippen molar-refractivity contribution >= 4 is 11.6 Å². The first-order valence-corrected chi connectivity index (χ1v) is 6.98. The van der Waals surface area contributed by atoms with Crippen LogP contribution in [0.5, 0.6) is 5.75 Å². The number of methoxy groups -OCH3 is 1. The van der Waals surface area contributed by atoms with E-state index >= 15 is 0 Å². The predicted octanol–water partition coefficient (Wildman–Crippen LogP) is 3.03. The Balaban J connectivity index is 2.94. The summed E-state index contributed by atoms with van der Waals surface area (Å²) in [6, 6.07) is 1.89. The van der Waals surface area contributed by atoms with Crippen molar-refractivity contribution in [3.8, 4) is 5.75 Å². The van der Waals surface area contributed by atoms with Crippen LogP contribution >= 0.6 is 11.6 Å². The summed E-state index contributed by atoms with van der Waals surface area (Å²) in [5.74, 6) is 0.820. The lowest BCUT2D eigenvalue weighted by Crippen LogP contribution is -2.25. The molecular formula is C15H23ClO3. The fourth-order valence-electron chi connectivity index (χ4n) is 2.26. The number of hydrogen-bond acceptors (Lipinski definition) is 3. The lowest BCUT2D eigenvalue weighted by atomic mass is 9.96. The first-order valence-electron chi connectivity index (χ1n) is 6.61. The number of benzene rings is 1. The molecule has 2 N–H and O–H groups in total. The molecule has 0 fully saturated rings. The van der Waals surface area contributed by atoms with E-state index in [-0.39, 0.29) is 0 Å². The van der Waals surface area contributed by atoms with E-state index in [2.05, 4.69) is 0 Å². The van der Waals surface area contributed by atoms with Crippen LogP contribution in [0.4, 0.5) is 0 Å². The number of hydrogen-bond donors (Lipinski definition) is 2. The lowest BCUT2D eigenvalue weighted by Gasteiger charge is -2.19. The molecule has 0 heterocycles. The van der Waals surface area contributed by atoms with Gasteiger partial charge in [-0.05, 0) is 55.9 Å². The Morgan fingerprint density at radius 3 is 2.42 bits per heavy atom. The average Bonchev–Trinajstić information content (AvgIpc) is 2.39. The molecule has 0 radical (unpaired) electrons. The third-order valence-corrected chi connectivity index (χ3v) is 3.94. The van der Waals surface area contributed by atoms with Gasteiger partial charge in [-0.15, -0.1) is 0 Å². The summed E-state index contributed by atoms with van der Waals surface area (Å²) in [5.41, 5.74) is 2.97. The number of aliphatic hydroxyl groups excluding tert-OH is 2. The van der Waals surface area contributed by atoms with Gasteiger partial charge < -0.3 is 14.9 Å². The van der Waals surface area contributed by atoms with E-state index < -0.39 is 12.2 Å². The van der Waals surface area contributed by atoms with Gasteiger partial charge >= 0.3 is 0 Å². The van der Waals surface area contributed by atoms with Gasteiger partial charge in [-0.1, -0.05) is 18.5 Å². The first-order chi connectivity index (χ1) is 8.92. The van der Waals surface area contributed by atoms with E-state index in [0.717, 1.165) is 22.4 Å². The predicted molar refractivity (Wildman–Crippen MR) is 78.1 cm³/mol. The van der Waals surface area contributed by atoms with Crippen molar-refractivity contribution in [1.82, 2.24) is 0 Å². The van der Waals surface area contributed by atoms with Gasteiger partial charge in [0, 0.05) is 5.02 Å². The Morgan fingerprint density at radius 1 is 1.26 bits per heavy atom. The summed E-state index contributed by atoms with van der Waals surface area (Å²) in [6.45, 7) is 5.75. The second kappa shape index (κ2) is 7.13. The molecule has 0 amide bonds. The minimum atomic E-state index is -0.714. The SMILES string of the molecule is CCC(O)C(O)CCc1c(C)c(Cl)cc(C)c1OC. The molecule has 2 atom stereocenters. The van der Waals surface area contributed by atoms with Gasteiger partial charge in [0.05, 0.1) is 19.3 Å². The summed E-state index contributed by atoms with van der Waals surface area (Å²) in [5, 5.41) is 20.2. The Labute approximate surface area is 120 Å². The Bertz CT molecular complexity index is 432. The lowest BCUT2D eigenvalue weighted by molar-refractivity contribution is 0.0129. The quantitative estimate of drug-likeness (QED) is 0.845. The minimum absolute atomic E-state index is 0.492. The highest BCUT2D eigenvalue weighted by atomic mass is 35.5. The minimum Gasteiger partial charge on any atom is -0.496 e. The topological polar surface area (TPSA) is 49.7 Å². The van der Waals surface area contributed by atoms with E-state index in [9.17, 15) is 10.2 Å². The highest BCUT2D eigenvalue weighted by molar-refractivity contribution is 6.31. The third-order valence-electron chi connectivity index (χ3n) is 3.54. The zero-order valence-corrected chi connectivity index (χ0v) is 12.8. The van der Waals surface area contributed by atoms with Gasteiger partial charge in [-0.2, -0.15) is 0 Å². The fraction of sp³-hybridized carbons (Fsp3) is 0.600. The van der Waals surface area contributed by atoms with Crippen molar-refractivity contribution in [3.63, 3.8) is 0 Å². The molecule has 19 heavy (non-hydrogen) atoms. The fourth-order valence-corrected chi connectivity index (χ4v) is 2.54. The maximum atomic E-state index is 9.85. The van der Waals surface area contributed by atoms with Crippen LogP contribution in [0.25, 0.3) is 0 Å². The zero-order valence-electron chi connectivity index (χ0n) is 12.0. The summed E-state index contributed by atoms with van der Waals surface area (Å²) in [6.07, 6.45) is 0.284. The molecule has 3 nitrogen and oxygen atoms in total. The molecule has 1 aromatic rings. The van der Waals surface area contributed by atoms with Gasteiger partial charge in [-0.3, -0.25) is 0 Å². The van der Waals surface area contributed by atoms with Crippen molar-refractivity contribution in [2.75, 3.05) is 7.11 Å². The largest absolute Gasteiger partial charge is 0.496 e. The van der Waals surface area contributed by atoms with Crippen LogP contribution in [0.3, 0.4) is 0 Å². The van der Waals surface area contributed by atoms with Crippen molar-refractivity contribution in [1.29, 1.82) is 0 Å². The van der Waals surface area contributed by atoms with E-state index in [1.54, 1.807) is 7.11 Å². The third kappa shape index (κ3) is 3.85. The van der Waals surface area contributed by atoms with Crippen molar-refractivity contribution in [3.05, 3.63) is 27.8 Å². The van der Waals surface area contributed by atoms with Crippen LogP contribution in [0.1, 0.15) is 36.5 Å².